The second-order valence-electron chi connectivity index (χ2n) is 5.75. The van der Waals surface area contributed by atoms with Crippen molar-refractivity contribution >= 4 is 48.9 Å². The second-order valence-corrected chi connectivity index (χ2v) is 7.58. The second kappa shape index (κ2) is 4.26. The Morgan fingerprint density at radius 3 is 1.42 bits per heavy atom. The standard InChI is InChI=1S/C18H7Br2NO3/c19-8-4-12-17-14(6-8)24-15-7-9(20)5-13-18(15)21(17)16-10(22-12)2-1-3-11(16)23-13/h1-7H. The first-order valence-electron chi connectivity index (χ1n) is 7.33. The summed E-state index contributed by atoms with van der Waals surface area (Å²) in [6.45, 7) is 0. The highest BCUT2D eigenvalue weighted by atomic mass is 79.9. The lowest BCUT2D eigenvalue weighted by atomic mass is 10.0. The maximum Gasteiger partial charge on any atom is 0.156 e. The Labute approximate surface area is 153 Å². The zero-order valence-corrected chi connectivity index (χ0v) is 15.1. The van der Waals surface area contributed by atoms with Crippen LogP contribution in [0.1, 0.15) is 0 Å². The average molecular weight is 445 g/mol. The summed E-state index contributed by atoms with van der Waals surface area (Å²) in [6.07, 6.45) is 0. The predicted octanol–water partition coefficient (Wildman–Crippen LogP) is 7.00. The van der Waals surface area contributed by atoms with Crippen LogP contribution < -0.4 is 19.1 Å². The Kier molecular flexibility index (Phi) is 2.33. The lowest BCUT2D eigenvalue weighted by Gasteiger charge is -2.41. The largest absolute Gasteiger partial charge is 0.453 e. The zero-order chi connectivity index (χ0) is 16.0. The number of nitrogens with zero attached hydrogens (tertiary/aromatic N) is 1. The molecule has 0 saturated carbocycles. The topological polar surface area (TPSA) is 30.9 Å². The molecule has 6 heteroatoms. The third-order valence-electron chi connectivity index (χ3n) is 4.30. The van der Waals surface area contributed by atoms with Crippen LogP contribution in [0.5, 0.6) is 34.5 Å². The Bertz CT molecular complexity index is 1000. The van der Waals surface area contributed by atoms with Crippen molar-refractivity contribution in [3.63, 3.8) is 0 Å². The van der Waals surface area contributed by atoms with Gasteiger partial charge in [-0.25, -0.2) is 0 Å². The Morgan fingerprint density at radius 2 is 0.958 bits per heavy atom. The molecule has 0 aromatic heterocycles. The number of para-hydroxylation sites is 1. The van der Waals surface area contributed by atoms with Crippen LogP contribution in [0.2, 0.25) is 0 Å². The van der Waals surface area contributed by atoms with E-state index in [1.807, 2.05) is 42.5 Å². The minimum atomic E-state index is 0.748. The average Bonchev–Trinajstić information content (AvgIpc) is 2.53. The van der Waals surface area contributed by atoms with E-state index >= 15 is 0 Å². The van der Waals surface area contributed by atoms with Crippen LogP contribution in [0.4, 0.5) is 17.1 Å². The van der Waals surface area contributed by atoms with Gasteiger partial charge in [-0.05, 0) is 36.4 Å². The summed E-state index contributed by atoms with van der Waals surface area (Å²) in [4.78, 5) is 2.18. The first-order valence-corrected chi connectivity index (χ1v) is 8.91. The summed E-state index contributed by atoms with van der Waals surface area (Å²) >= 11 is 7.07. The molecular weight excluding hydrogens is 438 g/mol. The van der Waals surface area contributed by atoms with E-state index in [0.29, 0.717) is 0 Å². The maximum absolute atomic E-state index is 6.15. The van der Waals surface area contributed by atoms with E-state index in [9.17, 15) is 0 Å². The summed E-state index contributed by atoms with van der Waals surface area (Å²) in [5, 5.41) is 0. The van der Waals surface area contributed by atoms with E-state index in [0.717, 1.165) is 60.5 Å². The molecule has 0 unspecified atom stereocenters. The van der Waals surface area contributed by atoms with Crippen LogP contribution in [0.3, 0.4) is 0 Å². The minimum absolute atomic E-state index is 0.748. The first kappa shape index (κ1) is 13.1. The summed E-state index contributed by atoms with van der Waals surface area (Å²) < 4.78 is 20.2. The quantitative estimate of drug-likeness (QED) is 0.252. The predicted molar refractivity (Wildman–Crippen MR) is 96.7 cm³/mol. The van der Waals surface area contributed by atoms with Gasteiger partial charge in [0.15, 0.2) is 34.5 Å². The fourth-order valence-corrected chi connectivity index (χ4v) is 4.26. The normalized spacial score (nSPS) is 14.3. The maximum atomic E-state index is 6.15. The van der Waals surface area contributed by atoms with E-state index in [2.05, 4.69) is 36.8 Å². The Morgan fingerprint density at radius 1 is 0.583 bits per heavy atom. The molecule has 0 N–H and O–H groups in total. The van der Waals surface area contributed by atoms with E-state index in [1.54, 1.807) is 0 Å². The van der Waals surface area contributed by atoms with Crippen LogP contribution >= 0.6 is 31.9 Å². The highest BCUT2D eigenvalue weighted by Crippen LogP contribution is 2.67. The Hall–Kier alpha value is -2.18. The molecule has 3 aliphatic heterocycles. The number of ether oxygens (including phenoxy) is 3. The summed E-state index contributed by atoms with van der Waals surface area (Å²) in [5.41, 5.74) is 2.71. The van der Waals surface area contributed by atoms with Crippen molar-refractivity contribution in [1.82, 2.24) is 0 Å². The number of hydrogen-bond donors (Lipinski definition) is 0. The van der Waals surface area contributed by atoms with E-state index in [1.165, 1.54) is 0 Å². The molecule has 0 fully saturated rings. The minimum Gasteiger partial charge on any atom is -0.453 e. The molecule has 0 spiro atoms. The van der Waals surface area contributed by atoms with Crippen molar-refractivity contribution in [3.8, 4) is 34.5 Å². The molecule has 4 nitrogen and oxygen atoms in total. The summed E-state index contributed by atoms with van der Waals surface area (Å²) in [5.74, 6) is 4.54. The van der Waals surface area contributed by atoms with Crippen LogP contribution in [0.25, 0.3) is 0 Å². The third-order valence-corrected chi connectivity index (χ3v) is 5.22. The van der Waals surface area contributed by atoms with Gasteiger partial charge in [0.25, 0.3) is 0 Å². The van der Waals surface area contributed by atoms with E-state index in [4.69, 9.17) is 14.2 Å². The fraction of sp³-hybridized carbons (Fsp3) is 0. The number of anilines is 3. The van der Waals surface area contributed by atoms with Gasteiger partial charge in [-0.1, -0.05) is 37.9 Å². The number of benzene rings is 3. The SMILES string of the molecule is Brc1cc2c3c(c1)Oc1cc(Br)cc4c1N3c1c(cccc1O4)O2. The molecule has 116 valence electrons. The molecule has 0 amide bonds. The van der Waals surface area contributed by atoms with Gasteiger partial charge in [-0.15, -0.1) is 0 Å². The molecule has 3 aromatic carbocycles. The van der Waals surface area contributed by atoms with Gasteiger partial charge in [-0.3, -0.25) is 4.90 Å². The molecule has 6 rings (SSSR count). The molecular formula is C18H7Br2NO3. The summed E-state index contributed by atoms with van der Waals surface area (Å²) in [7, 11) is 0. The molecule has 24 heavy (non-hydrogen) atoms. The number of hydrogen-bond acceptors (Lipinski definition) is 4. The van der Waals surface area contributed by atoms with Crippen LogP contribution in [0.15, 0.2) is 51.4 Å². The molecule has 0 aliphatic carbocycles. The Balaban J connectivity index is 1.78. The van der Waals surface area contributed by atoms with Crippen molar-refractivity contribution in [3.05, 3.63) is 51.4 Å². The van der Waals surface area contributed by atoms with Gasteiger partial charge < -0.3 is 14.2 Å². The first-order chi connectivity index (χ1) is 11.7. The number of halogens is 2. The van der Waals surface area contributed by atoms with Crippen molar-refractivity contribution in [1.29, 1.82) is 0 Å². The van der Waals surface area contributed by atoms with E-state index in [-0.39, 0.29) is 0 Å². The van der Waals surface area contributed by atoms with Gasteiger partial charge in [0.05, 0.1) is 0 Å². The van der Waals surface area contributed by atoms with Crippen molar-refractivity contribution < 1.29 is 14.2 Å². The number of rotatable bonds is 0. The fourth-order valence-electron chi connectivity index (χ4n) is 3.43. The monoisotopic (exact) mass is 443 g/mol. The molecule has 3 aliphatic rings. The molecule has 0 radical (unpaired) electrons. The van der Waals surface area contributed by atoms with Gasteiger partial charge >= 0.3 is 0 Å². The highest BCUT2D eigenvalue weighted by molar-refractivity contribution is 9.10. The van der Waals surface area contributed by atoms with Crippen molar-refractivity contribution in [2.45, 2.75) is 0 Å². The van der Waals surface area contributed by atoms with Crippen LogP contribution in [-0.2, 0) is 0 Å². The highest BCUT2D eigenvalue weighted by Gasteiger charge is 2.41. The van der Waals surface area contributed by atoms with Crippen LogP contribution in [0, 0.1) is 0 Å². The van der Waals surface area contributed by atoms with Gasteiger partial charge in [0.1, 0.15) is 17.1 Å². The van der Waals surface area contributed by atoms with Crippen molar-refractivity contribution in [2.75, 3.05) is 4.90 Å². The van der Waals surface area contributed by atoms with Gasteiger partial charge in [0, 0.05) is 8.95 Å². The zero-order valence-electron chi connectivity index (χ0n) is 12.0. The molecule has 0 bridgehead atoms. The molecule has 3 aromatic rings. The summed E-state index contributed by atoms with van der Waals surface area (Å²) in [6, 6.07) is 13.6. The van der Waals surface area contributed by atoms with E-state index < -0.39 is 0 Å². The van der Waals surface area contributed by atoms with Gasteiger partial charge in [-0.2, -0.15) is 0 Å². The van der Waals surface area contributed by atoms with Crippen molar-refractivity contribution in [2.24, 2.45) is 0 Å². The lowest BCUT2D eigenvalue weighted by Crippen LogP contribution is -2.23. The van der Waals surface area contributed by atoms with Gasteiger partial charge in [0.2, 0.25) is 0 Å². The molecule has 0 atom stereocenters. The van der Waals surface area contributed by atoms with Crippen LogP contribution in [-0.4, -0.2) is 0 Å². The third kappa shape index (κ3) is 1.53. The smallest absolute Gasteiger partial charge is 0.156 e. The molecule has 3 heterocycles. The molecule has 0 saturated heterocycles. The lowest BCUT2D eigenvalue weighted by molar-refractivity contribution is 0.417.